The van der Waals surface area contributed by atoms with E-state index < -0.39 is 6.04 Å². The van der Waals surface area contributed by atoms with E-state index in [4.69, 9.17) is 5.73 Å². The van der Waals surface area contributed by atoms with Gasteiger partial charge in [0, 0.05) is 25.7 Å². The van der Waals surface area contributed by atoms with Crippen LogP contribution in [-0.2, 0) is 9.59 Å². The first-order valence-electron chi connectivity index (χ1n) is 10.5. The fraction of sp³-hybridized carbons (Fsp3) is 0.591. The Morgan fingerprint density at radius 1 is 1.34 bits per heavy atom. The molecule has 3 aliphatic rings. The zero-order valence-corrected chi connectivity index (χ0v) is 17.1. The number of hydrogen-bond donors (Lipinski definition) is 1. The molecule has 0 aliphatic carbocycles. The van der Waals surface area contributed by atoms with Crippen LogP contribution in [0.2, 0.25) is 0 Å². The van der Waals surface area contributed by atoms with Crippen molar-refractivity contribution in [2.24, 2.45) is 5.73 Å². The first-order valence-corrected chi connectivity index (χ1v) is 10.5. The minimum absolute atomic E-state index is 0.0385. The van der Waals surface area contributed by atoms with Gasteiger partial charge in [-0.3, -0.25) is 14.5 Å². The SMILES string of the molecule is Cc1ccc([C@H](C)N2C(=O)[C@@H]3C[C@H]2CN3C[C@H](N)C(=O)N2CCC[C@H]2C#N)cc1. The molecule has 3 aliphatic heterocycles. The first-order chi connectivity index (χ1) is 13.9. The van der Waals surface area contributed by atoms with Crippen LogP contribution in [0.15, 0.2) is 24.3 Å². The van der Waals surface area contributed by atoms with Crippen molar-refractivity contribution in [1.82, 2.24) is 14.7 Å². The van der Waals surface area contributed by atoms with Gasteiger partial charge in [0.15, 0.2) is 0 Å². The van der Waals surface area contributed by atoms with Gasteiger partial charge in [-0.05, 0) is 38.7 Å². The van der Waals surface area contributed by atoms with E-state index in [-0.39, 0.29) is 36.0 Å². The topological polar surface area (TPSA) is 93.7 Å². The van der Waals surface area contributed by atoms with Crippen molar-refractivity contribution in [3.05, 3.63) is 35.4 Å². The molecule has 0 spiro atoms. The largest absolute Gasteiger partial charge is 0.330 e. The first kappa shape index (κ1) is 19.9. The number of carbonyl (C=O) groups is 2. The number of rotatable bonds is 5. The molecule has 5 atom stereocenters. The number of nitrogens with zero attached hydrogens (tertiary/aromatic N) is 4. The molecule has 2 bridgehead atoms. The number of hydrogen-bond acceptors (Lipinski definition) is 5. The third-order valence-electron chi connectivity index (χ3n) is 6.72. The quantitative estimate of drug-likeness (QED) is 0.808. The Balaban J connectivity index is 1.39. The highest BCUT2D eigenvalue weighted by Crippen LogP contribution is 2.38. The number of aryl methyl sites for hydroxylation is 1. The van der Waals surface area contributed by atoms with E-state index in [1.54, 1.807) is 4.90 Å². The number of piperazine rings is 1. The van der Waals surface area contributed by atoms with Crippen molar-refractivity contribution in [2.75, 3.05) is 19.6 Å². The summed E-state index contributed by atoms with van der Waals surface area (Å²) in [4.78, 5) is 31.4. The maximum atomic E-state index is 13.1. The third-order valence-corrected chi connectivity index (χ3v) is 6.72. The smallest absolute Gasteiger partial charge is 0.241 e. The van der Waals surface area contributed by atoms with Crippen molar-refractivity contribution in [3.63, 3.8) is 0 Å². The van der Waals surface area contributed by atoms with Gasteiger partial charge in [0.05, 0.1) is 24.2 Å². The average Bonchev–Trinajstić information content (AvgIpc) is 3.41. The van der Waals surface area contributed by atoms with E-state index >= 15 is 0 Å². The van der Waals surface area contributed by atoms with Crippen molar-refractivity contribution < 1.29 is 9.59 Å². The average molecular weight is 396 g/mol. The summed E-state index contributed by atoms with van der Waals surface area (Å²) in [5.74, 6) is -0.0424. The van der Waals surface area contributed by atoms with E-state index in [2.05, 4.69) is 49.1 Å². The molecule has 0 radical (unpaired) electrons. The summed E-state index contributed by atoms with van der Waals surface area (Å²) in [6, 6.07) is 9.47. The summed E-state index contributed by atoms with van der Waals surface area (Å²) in [6.07, 6.45) is 2.35. The number of fused-ring (bicyclic) bond motifs is 2. The minimum atomic E-state index is -0.695. The lowest BCUT2D eigenvalue weighted by molar-refractivity contribution is -0.140. The highest BCUT2D eigenvalue weighted by molar-refractivity contribution is 5.87. The Labute approximate surface area is 172 Å². The van der Waals surface area contributed by atoms with Crippen LogP contribution < -0.4 is 5.73 Å². The molecular weight excluding hydrogens is 366 g/mol. The Morgan fingerprint density at radius 2 is 2.07 bits per heavy atom. The summed E-state index contributed by atoms with van der Waals surface area (Å²) in [5, 5.41) is 9.22. The van der Waals surface area contributed by atoms with Crippen molar-refractivity contribution in [2.45, 2.75) is 63.3 Å². The van der Waals surface area contributed by atoms with E-state index in [1.165, 1.54) is 5.56 Å². The number of amides is 2. The van der Waals surface area contributed by atoms with Gasteiger partial charge in [0.25, 0.3) is 0 Å². The molecule has 7 heteroatoms. The Kier molecular flexibility index (Phi) is 5.32. The second-order valence-corrected chi connectivity index (χ2v) is 8.62. The van der Waals surface area contributed by atoms with E-state index in [0.29, 0.717) is 19.5 Å². The molecule has 4 rings (SSSR count). The third kappa shape index (κ3) is 3.52. The molecular formula is C22H29N5O2. The molecule has 3 heterocycles. The maximum absolute atomic E-state index is 13.1. The highest BCUT2D eigenvalue weighted by atomic mass is 16.2. The van der Waals surface area contributed by atoms with E-state index in [1.807, 2.05) is 4.90 Å². The van der Waals surface area contributed by atoms with Crippen LogP contribution in [0.3, 0.4) is 0 Å². The normalized spacial score (nSPS) is 28.6. The lowest BCUT2D eigenvalue weighted by Gasteiger charge is -2.38. The zero-order chi connectivity index (χ0) is 20.7. The summed E-state index contributed by atoms with van der Waals surface area (Å²) >= 11 is 0. The fourth-order valence-corrected chi connectivity index (χ4v) is 5.11. The van der Waals surface area contributed by atoms with Gasteiger partial charge < -0.3 is 15.5 Å². The van der Waals surface area contributed by atoms with Crippen LogP contribution in [0.4, 0.5) is 0 Å². The number of likely N-dealkylation sites (tertiary alicyclic amines) is 3. The van der Waals surface area contributed by atoms with Gasteiger partial charge in [0.2, 0.25) is 11.8 Å². The van der Waals surface area contributed by atoms with Crippen LogP contribution in [0.5, 0.6) is 0 Å². The summed E-state index contributed by atoms with van der Waals surface area (Å²) in [6.45, 7) is 5.85. The Bertz CT molecular complexity index is 833. The van der Waals surface area contributed by atoms with Crippen LogP contribution in [-0.4, -0.2) is 70.3 Å². The molecule has 154 valence electrons. The molecule has 7 nitrogen and oxygen atoms in total. The van der Waals surface area contributed by atoms with Crippen molar-refractivity contribution in [1.29, 1.82) is 5.26 Å². The monoisotopic (exact) mass is 395 g/mol. The van der Waals surface area contributed by atoms with E-state index in [0.717, 1.165) is 24.9 Å². The molecule has 0 saturated carbocycles. The van der Waals surface area contributed by atoms with Crippen LogP contribution >= 0.6 is 0 Å². The molecule has 29 heavy (non-hydrogen) atoms. The highest BCUT2D eigenvalue weighted by Gasteiger charge is 2.51. The summed E-state index contributed by atoms with van der Waals surface area (Å²) < 4.78 is 0. The lowest BCUT2D eigenvalue weighted by Crippen LogP contribution is -2.56. The Morgan fingerprint density at radius 3 is 2.72 bits per heavy atom. The minimum Gasteiger partial charge on any atom is -0.330 e. The van der Waals surface area contributed by atoms with Gasteiger partial charge in [-0.2, -0.15) is 5.26 Å². The molecule has 1 aromatic rings. The Hall–Kier alpha value is -2.43. The van der Waals surface area contributed by atoms with Gasteiger partial charge in [-0.15, -0.1) is 0 Å². The standard InChI is InChI=1S/C22H29N5O2/c1-14-5-7-16(8-6-14)15(2)27-18-10-20(22(27)29)25(12-18)13-19(24)21(28)26-9-3-4-17(26)11-23/h5-8,15,17-20H,3-4,9-10,12-13,24H2,1-2H3/t15-,17-,18-,19-,20-/m0/s1. The van der Waals surface area contributed by atoms with Crippen LogP contribution in [0.25, 0.3) is 0 Å². The zero-order valence-electron chi connectivity index (χ0n) is 17.1. The maximum Gasteiger partial charge on any atom is 0.241 e. The summed E-state index contributed by atoms with van der Waals surface area (Å²) in [7, 11) is 0. The summed E-state index contributed by atoms with van der Waals surface area (Å²) in [5.41, 5.74) is 8.55. The number of carbonyl (C=O) groups excluding carboxylic acids is 2. The molecule has 3 fully saturated rings. The predicted octanol–water partition coefficient (Wildman–Crippen LogP) is 1.18. The predicted molar refractivity (Wildman–Crippen MR) is 109 cm³/mol. The molecule has 0 aromatic heterocycles. The van der Waals surface area contributed by atoms with Crippen molar-refractivity contribution >= 4 is 11.8 Å². The second-order valence-electron chi connectivity index (χ2n) is 8.62. The van der Waals surface area contributed by atoms with Crippen LogP contribution in [0, 0.1) is 18.3 Å². The molecule has 3 saturated heterocycles. The van der Waals surface area contributed by atoms with Gasteiger partial charge in [-0.25, -0.2) is 0 Å². The molecule has 2 amide bonds. The molecule has 1 aromatic carbocycles. The lowest BCUT2D eigenvalue weighted by atomic mass is 10.0. The number of nitriles is 1. The van der Waals surface area contributed by atoms with Gasteiger partial charge in [0.1, 0.15) is 6.04 Å². The number of benzene rings is 1. The van der Waals surface area contributed by atoms with Gasteiger partial charge >= 0.3 is 0 Å². The van der Waals surface area contributed by atoms with E-state index in [9.17, 15) is 14.9 Å². The molecule has 2 N–H and O–H groups in total. The van der Waals surface area contributed by atoms with Gasteiger partial charge in [-0.1, -0.05) is 29.8 Å². The molecule has 0 unspecified atom stereocenters. The second kappa shape index (κ2) is 7.77. The number of nitrogens with two attached hydrogens (primary N) is 1. The van der Waals surface area contributed by atoms with Crippen molar-refractivity contribution in [3.8, 4) is 6.07 Å². The fourth-order valence-electron chi connectivity index (χ4n) is 5.11. The van der Waals surface area contributed by atoms with Crippen LogP contribution in [0.1, 0.15) is 43.4 Å².